The molecule has 4 rings (SSSR count). The molecule has 3 aromatic rings. The van der Waals surface area contributed by atoms with E-state index in [0.29, 0.717) is 37.9 Å². The number of aromatic nitrogens is 2. The third-order valence-corrected chi connectivity index (χ3v) is 5.25. The molecule has 1 unspecified atom stereocenters. The SMILES string of the molecule is CC(C)CNC(=O)C(Cc1ccccc1)NC(=O)N1CCn2c1nc1ccccc12. The molecular weight excluding hydrogens is 378 g/mol. The van der Waals surface area contributed by atoms with Gasteiger partial charge in [-0.25, -0.2) is 9.78 Å². The largest absolute Gasteiger partial charge is 0.354 e. The molecule has 2 aromatic carbocycles. The van der Waals surface area contributed by atoms with E-state index in [2.05, 4.69) is 15.6 Å². The number of hydrogen-bond acceptors (Lipinski definition) is 3. The topological polar surface area (TPSA) is 79.3 Å². The third kappa shape index (κ3) is 4.15. The van der Waals surface area contributed by atoms with Crippen LogP contribution in [0, 0.1) is 5.92 Å². The predicted octanol–water partition coefficient (Wildman–Crippen LogP) is 2.95. The van der Waals surface area contributed by atoms with Crippen molar-refractivity contribution in [1.29, 1.82) is 0 Å². The van der Waals surface area contributed by atoms with Crippen LogP contribution in [0.5, 0.6) is 0 Å². The van der Waals surface area contributed by atoms with E-state index in [4.69, 9.17) is 0 Å². The van der Waals surface area contributed by atoms with E-state index in [1.54, 1.807) is 4.90 Å². The number of imidazole rings is 1. The van der Waals surface area contributed by atoms with Crippen LogP contribution in [0.1, 0.15) is 19.4 Å². The van der Waals surface area contributed by atoms with E-state index >= 15 is 0 Å². The zero-order valence-corrected chi connectivity index (χ0v) is 17.3. The van der Waals surface area contributed by atoms with E-state index in [1.165, 1.54) is 0 Å². The number of anilines is 1. The second kappa shape index (κ2) is 8.57. The van der Waals surface area contributed by atoms with Crippen molar-refractivity contribution in [3.63, 3.8) is 0 Å². The standard InChI is InChI=1S/C23H27N5O2/c1-16(2)15-24-21(29)19(14-17-8-4-3-5-9-17)26-23(30)28-13-12-27-20-11-7-6-10-18(20)25-22(27)28/h3-11,16,19H,12-15H2,1-2H3,(H,24,29)(H,26,30). The van der Waals surface area contributed by atoms with Crippen molar-refractivity contribution in [3.8, 4) is 0 Å². The summed E-state index contributed by atoms with van der Waals surface area (Å²) < 4.78 is 2.04. The number of fused-ring (bicyclic) bond motifs is 3. The van der Waals surface area contributed by atoms with E-state index in [-0.39, 0.29) is 11.9 Å². The molecule has 1 aromatic heterocycles. The molecule has 0 bridgehead atoms. The zero-order chi connectivity index (χ0) is 21.1. The van der Waals surface area contributed by atoms with Gasteiger partial charge in [-0.1, -0.05) is 56.3 Å². The molecule has 3 amide bonds. The van der Waals surface area contributed by atoms with Crippen molar-refractivity contribution >= 4 is 28.9 Å². The third-order valence-electron chi connectivity index (χ3n) is 5.25. The molecule has 0 radical (unpaired) electrons. The van der Waals surface area contributed by atoms with Crippen molar-refractivity contribution in [2.24, 2.45) is 5.92 Å². The van der Waals surface area contributed by atoms with Crippen LogP contribution in [0.25, 0.3) is 11.0 Å². The maximum atomic E-state index is 13.1. The molecule has 2 heterocycles. The van der Waals surface area contributed by atoms with Gasteiger partial charge in [0.25, 0.3) is 0 Å². The smallest absolute Gasteiger partial charge is 0.324 e. The number of amides is 3. The number of urea groups is 1. The first-order valence-corrected chi connectivity index (χ1v) is 10.4. The minimum atomic E-state index is -0.655. The first kappa shape index (κ1) is 19.9. The highest BCUT2D eigenvalue weighted by Gasteiger charge is 2.31. The summed E-state index contributed by atoms with van der Waals surface area (Å²) in [6.07, 6.45) is 0.431. The normalized spacial score (nSPS) is 14.0. The monoisotopic (exact) mass is 405 g/mol. The van der Waals surface area contributed by atoms with Crippen LogP contribution >= 0.6 is 0 Å². The summed E-state index contributed by atoms with van der Waals surface area (Å²) in [7, 11) is 0. The molecule has 30 heavy (non-hydrogen) atoms. The highest BCUT2D eigenvalue weighted by molar-refractivity contribution is 5.96. The molecule has 1 aliphatic rings. The Morgan fingerprint density at radius 1 is 1.03 bits per heavy atom. The summed E-state index contributed by atoms with van der Waals surface area (Å²) in [5.41, 5.74) is 2.87. The van der Waals surface area contributed by atoms with E-state index in [0.717, 1.165) is 16.6 Å². The average Bonchev–Trinajstić information content (AvgIpc) is 3.31. The van der Waals surface area contributed by atoms with Gasteiger partial charge in [0.2, 0.25) is 11.9 Å². The minimum Gasteiger partial charge on any atom is -0.354 e. The second-order valence-electron chi connectivity index (χ2n) is 8.03. The lowest BCUT2D eigenvalue weighted by atomic mass is 10.1. The number of hydrogen-bond donors (Lipinski definition) is 2. The zero-order valence-electron chi connectivity index (χ0n) is 17.3. The van der Waals surface area contributed by atoms with E-state index in [1.807, 2.05) is 73.0 Å². The Bertz CT molecular complexity index is 1040. The Balaban J connectivity index is 1.52. The van der Waals surface area contributed by atoms with Gasteiger partial charge in [0, 0.05) is 26.1 Å². The Morgan fingerprint density at radius 3 is 2.53 bits per heavy atom. The predicted molar refractivity (Wildman–Crippen MR) is 117 cm³/mol. The summed E-state index contributed by atoms with van der Waals surface area (Å²) in [6, 6.07) is 16.6. The van der Waals surface area contributed by atoms with Crippen LogP contribution in [0.15, 0.2) is 54.6 Å². The Hall–Kier alpha value is -3.35. The van der Waals surface area contributed by atoms with Gasteiger partial charge in [-0.05, 0) is 23.6 Å². The van der Waals surface area contributed by atoms with Gasteiger partial charge in [0.1, 0.15) is 6.04 Å². The summed E-state index contributed by atoms with van der Waals surface area (Å²) in [4.78, 5) is 32.2. The summed E-state index contributed by atoms with van der Waals surface area (Å²) >= 11 is 0. The molecule has 0 aliphatic carbocycles. The first-order chi connectivity index (χ1) is 14.5. The van der Waals surface area contributed by atoms with Crippen molar-refractivity contribution in [2.45, 2.75) is 32.9 Å². The number of nitrogens with one attached hydrogen (secondary N) is 2. The number of rotatable bonds is 6. The van der Waals surface area contributed by atoms with Gasteiger partial charge in [0.05, 0.1) is 11.0 Å². The summed E-state index contributed by atoms with van der Waals surface area (Å²) in [6.45, 7) is 5.87. The minimum absolute atomic E-state index is 0.173. The Labute approximate surface area is 176 Å². The molecular formula is C23H27N5O2. The van der Waals surface area contributed by atoms with Gasteiger partial charge in [-0.2, -0.15) is 0 Å². The Kier molecular flexibility index (Phi) is 5.70. The van der Waals surface area contributed by atoms with Crippen LogP contribution < -0.4 is 15.5 Å². The van der Waals surface area contributed by atoms with Gasteiger partial charge in [-0.3, -0.25) is 9.69 Å². The molecule has 7 heteroatoms. The molecule has 0 saturated carbocycles. The van der Waals surface area contributed by atoms with Crippen LogP contribution in [-0.2, 0) is 17.8 Å². The second-order valence-corrected chi connectivity index (χ2v) is 8.03. The van der Waals surface area contributed by atoms with Crippen LogP contribution in [-0.4, -0.2) is 40.6 Å². The first-order valence-electron chi connectivity index (χ1n) is 10.4. The van der Waals surface area contributed by atoms with Crippen LogP contribution in [0.3, 0.4) is 0 Å². The van der Waals surface area contributed by atoms with Crippen molar-refractivity contribution < 1.29 is 9.59 Å². The molecule has 0 saturated heterocycles. The van der Waals surface area contributed by atoms with E-state index in [9.17, 15) is 9.59 Å². The molecule has 1 atom stereocenters. The maximum Gasteiger partial charge on any atom is 0.324 e. The number of benzene rings is 2. The summed E-state index contributed by atoms with van der Waals surface area (Å²) in [5, 5.41) is 5.88. The molecule has 156 valence electrons. The lowest BCUT2D eigenvalue weighted by molar-refractivity contribution is -0.123. The van der Waals surface area contributed by atoms with Gasteiger partial charge < -0.3 is 15.2 Å². The van der Waals surface area contributed by atoms with Crippen LogP contribution in [0.4, 0.5) is 10.7 Å². The number of carbonyl (C=O) groups excluding carboxylic acids is 2. The molecule has 2 N–H and O–H groups in total. The van der Waals surface area contributed by atoms with Crippen molar-refractivity contribution in [3.05, 3.63) is 60.2 Å². The fourth-order valence-electron chi connectivity index (χ4n) is 3.70. The average molecular weight is 406 g/mol. The Morgan fingerprint density at radius 2 is 1.77 bits per heavy atom. The quantitative estimate of drug-likeness (QED) is 0.662. The number of para-hydroxylation sites is 2. The van der Waals surface area contributed by atoms with Gasteiger partial charge >= 0.3 is 6.03 Å². The molecule has 1 aliphatic heterocycles. The van der Waals surface area contributed by atoms with Crippen LogP contribution in [0.2, 0.25) is 0 Å². The molecule has 0 spiro atoms. The summed E-state index contributed by atoms with van der Waals surface area (Å²) in [5.74, 6) is 0.781. The van der Waals surface area contributed by atoms with Gasteiger partial charge in [-0.15, -0.1) is 0 Å². The van der Waals surface area contributed by atoms with Gasteiger partial charge in [0.15, 0.2) is 0 Å². The lowest BCUT2D eigenvalue weighted by Crippen LogP contribution is -2.52. The maximum absolute atomic E-state index is 13.1. The van der Waals surface area contributed by atoms with E-state index < -0.39 is 6.04 Å². The fourth-order valence-corrected chi connectivity index (χ4v) is 3.70. The lowest BCUT2D eigenvalue weighted by Gasteiger charge is -2.22. The fraction of sp³-hybridized carbons (Fsp3) is 0.348. The molecule has 0 fully saturated rings. The highest BCUT2D eigenvalue weighted by atomic mass is 16.2. The number of nitrogens with zero attached hydrogens (tertiary/aromatic N) is 3. The van der Waals surface area contributed by atoms with Crippen molar-refractivity contribution in [2.75, 3.05) is 18.0 Å². The highest BCUT2D eigenvalue weighted by Crippen LogP contribution is 2.27. The van der Waals surface area contributed by atoms with Crippen molar-refractivity contribution in [1.82, 2.24) is 20.2 Å². The number of carbonyl (C=O) groups is 2. The molecule has 7 nitrogen and oxygen atoms in total.